The van der Waals surface area contributed by atoms with Gasteiger partial charge in [-0.3, -0.25) is 4.79 Å². The molecular formula is C29H25FN8O4. The largest absolute Gasteiger partial charge is 0.493 e. The predicted octanol–water partition coefficient (Wildman–Crippen LogP) is 4.37. The number of nitrogens with zero attached hydrogens (tertiary/aromatic N) is 7. The van der Waals surface area contributed by atoms with Gasteiger partial charge in [0.05, 0.1) is 37.6 Å². The van der Waals surface area contributed by atoms with Crippen molar-refractivity contribution in [3.05, 3.63) is 85.4 Å². The molecule has 42 heavy (non-hydrogen) atoms. The molecule has 2 aromatic carbocycles. The Bertz CT molecular complexity index is 1800. The summed E-state index contributed by atoms with van der Waals surface area (Å²) in [7, 11) is 1.53. The molecule has 0 aliphatic carbocycles. The first-order valence-corrected chi connectivity index (χ1v) is 12.9. The van der Waals surface area contributed by atoms with Gasteiger partial charge in [0.1, 0.15) is 29.8 Å². The van der Waals surface area contributed by atoms with Crippen LogP contribution >= 0.6 is 0 Å². The quantitative estimate of drug-likeness (QED) is 0.256. The molecule has 1 saturated heterocycles. The predicted molar refractivity (Wildman–Crippen MR) is 151 cm³/mol. The van der Waals surface area contributed by atoms with Crippen LogP contribution in [0.4, 0.5) is 15.9 Å². The number of carbonyl (C=O) groups excluding carboxylic acids is 1. The summed E-state index contributed by atoms with van der Waals surface area (Å²) in [6.07, 6.45) is 7.51. The molecule has 0 saturated carbocycles. The molecule has 1 aliphatic heterocycles. The molecule has 5 aromatic rings. The Morgan fingerprint density at radius 3 is 2.74 bits per heavy atom. The summed E-state index contributed by atoms with van der Waals surface area (Å²) in [4.78, 5) is 30.5. The van der Waals surface area contributed by atoms with Crippen LogP contribution in [-0.2, 0) is 4.79 Å². The summed E-state index contributed by atoms with van der Waals surface area (Å²) >= 11 is 0. The lowest BCUT2D eigenvalue weighted by atomic mass is 10.1. The number of fused-ring (bicyclic) bond motifs is 1. The number of likely N-dealkylation sites (tertiary alicyclic amines) is 1. The number of ether oxygens (including phenoxy) is 3. The number of aryl methyl sites for hydroxylation is 1. The maximum atomic E-state index is 15.2. The van der Waals surface area contributed by atoms with Gasteiger partial charge in [0.2, 0.25) is 5.91 Å². The molecular weight excluding hydrogens is 543 g/mol. The normalized spacial score (nSPS) is 13.0. The van der Waals surface area contributed by atoms with E-state index in [-0.39, 0.29) is 29.5 Å². The SMILES string of the molecule is C=CC(=O)N1CC(Oc2cc3c(Nc4ccc(Oc5nccc(-n6cc(C)cn6)n5)cc4F)ncnc3cc2OC)C1. The molecule has 0 unspecified atom stereocenters. The van der Waals surface area contributed by atoms with Crippen molar-refractivity contribution in [2.75, 3.05) is 25.5 Å². The first-order chi connectivity index (χ1) is 20.4. The highest BCUT2D eigenvalue weighted by Crippen LogP contribution is 2.36. The van der Waals surface area contributed by atoms with Crippen molar-refractivity contribution < 1.29 is 23.4 Å². The summed E-state index contributed by atoms with van der Waals surface area (Å²) < 4.78 is 34.1. The Balaban J connectivity index is 1.21. The van der Waals surface area contributed by atoms with Crippen molar-refractivity contribution in [1.29, 1.82) is 0 Å². The lowest BCUT2D eigenvalue weighted by molar-refractivity contribution is -0.134. The molecule has 1 amide bonds. The van der Waals surface area contributed by atoms with E-state index in [1.54, 1.807) is 40.0 Å². The molecule has 13 heteroatoms. The average Bonchev–Trinajstić information content (AvgIpc) is 3.42. The van der Waals surface area contributed by atoms with Crippen LogP contribution in [0.25, 0.3) is 16.7 Å². The number of amides is 1. The van der Waals surface area contributed by atoms with E-state index in [0.717, 1.165) is 5.56 Å². The van der Waals surface area contributed by atoms with E-state index in [2.05, 4.69) is 36.9 Å². The third kappa shape index (κ3) is 5.39. The summed E-state index contributed by atoms with van der Waals surface area (Å²) in [5.74, 6) is 1.29. The van der Waals surface area contributed by atoms with Crippen LogP contribution in [0, 0.1) is 12.7 Å². The summed E-state index contributed by atoms with van der Waals surface area (Å²) in [5, 5.41) is 7.85. The zero-order chi connectivity index (χ0) is 29.2. The van der Waals surface area contributed by atoms with E-state index in [0.29, 0.717) is 47.1 Å². The van der Waals surface area contributed by atoms with Crippen LogP contribution in [0.15, 0.2) is 74.0 Å². The Labute approximate surface area is 239 Å². The number of rotatable bonds is 9. The van der Waals surface area contributed by atoms with E-state index in [1.807, 2.05) is 13.1 Å². The molecule has 0 bridgehead atoms. The molecule has 4 heterocycles. The van der Waals surface area contributed by atoms with Gasteiger partial charge in [-0.15, -0.1) is 0 Å². The number of nitrogens with one attached hydrogen (secondary N) is 1. The van der Waals surface area contributed by atoms with Gasteiger partial charge in [0.15, 0.2) is 17.3 Å². The standard InChI is InChI=1S/C29H25FN8O4/c1-4-27(39)37-14-19(15-37)41-25-10-20-23(11-24(25)40-3)32-16-33-28(20)35-22-6-5-18(9-21(22)30)42-29-31-8-7-26(36-29)38-13-17(2)12-34-38/h4-13,16,19H,1,14-15H2,2-3H3,(H,32,33,35). The molecule has 1 fully saturated rings. The smallest absolute Gasteiger partial charge is 0.323 e. The Morgan fingerprint density at radius 1 is 1.14 bits per heavy atom. The lowest BCUT2D eigenvalue weighted by Gasteiger charge is -2.38. The first-order valence-electron chi connectivity index (χ1n) is 12.9. The van der Waals surface area contributed by atoms with Crippen molar-refractivity contribution >= 4 is 28.3 Å². The molecule has 6 rings (SSSR count). The molecule has 0 radical (unpaired) electrons. The van der Waals surface area contributed by atoms with Crippen molar-refractivity contribution in [3.63, 3.8) is 0 Å². The average molecular weight is 569 g/mol. The summed E-state index contributed by atoms with van der Waals surface area (Å²) in [5.41, 5.74) is 1.71. The number of aromatic nitrogens is 6. The molecule has 3 aromatic heterocycles. The van der Waals surface area contributed by atoms with Crippen molar-refractivity contribution in [2.45, 2.75) is 13.0 Å². The minimum atomic E-state index is -0.579. The highest BCUT2D eigenvalue weighted by Gasteiger charge is 2.31. The molecule has 0 spiro atoms. The maximum absolute atomic E-state index is 15.2. The van der Waals surface area contributed by atoms with Gasteiger partial charge >= 0.3 is 6.01 Å². The van der Waals surface area contributed by atoms with E-state index in [9.17, 15) is 4.79 Å². The number of hydrogen-bond acceptors (Lipinski definition) is 10. The first kappa shape index (κ1) is 26.6. The molecule has 12 nitrogen and oxygen atoms in total. The van der Waals surface area contributed by atoms with E-state index >= 15 is 4.39 Å². The van der Waals surface area contributed by atoms with E-state index in [1.165, 1.54) is 37.8 Å². The van der Waals surface area contributed by atoms with Crippen LogP contribution in [0.2, 0.25) is 0 Å². The fourth-order valence-corrected chi connectivity index (χ4v) is 4.36. The highest BCUT2D eigenvalue weighted by atomic mass is 19.1. The van der Waals surface area contributed by atoms with Gasteiger partial charge in [-0.2, -0.15) is 10.1 Å². The van der Waals surface area contributed by atoms with E-state index < -0.39 is 5.82 Å². The van der Waals surface area contributed by atoms with E-state index in [4.69, 9.17) is 14.2 Å². The number of anilines is 2. The minimum absolute atomic E-state index is 0.0486. The highest BCUT2D eigenvalue weighted by molar-refractivity contribution is 5.93. The molecule has 1 aliphatic rings. The van der Waals surface area contributed by atoms with Crippen molar-refractivity contribution in [2.24, 2.45) is 0 Å². The van der Waals surface area contributed by atoms with Crippen molar-refractivity contribution in [3.8, 4) is 29.1 Å². The zero-order valence-electron chi connectivity index (χ0n) is 22.7. The number of carbonyl (C=O) groups is 1. The van der Waals surface area contributed by atoms with Gasteiger partial charge < -0.3 is 24.4 Å². The number of benzene rings is 2. The Kier molecular flexibility index (Phi) is 7.05. The number of hydrogen-bond donors (Lipinski definition) is 1. The van der Waals surface area contributed by atoms with Gasteiger partial charge in [-0.1, -0.05) is 6.58 Å². The Morgan fingerprint density at radius 2 is 2.00 bits per heavy atom. The fraction of sp³-hybridized carbons (Fsp3) is 0.172. The topological polar surface area (TPSA) is 129 Å². The summed E-state index contributed by atoms with van der Waals surface area (Å²) in [6, 6.07) is 9.53. The van der Waals surface area contributed by atoms with Gasteiger partial charge in [0.25, 0.3) is 0 Å². The van der Waals surface area contributed by atoms with Crippen molar-refractivity contribution in [1.82, 2.24) is 34.6 Å². The third-order valence-electron chi connectivity index (χ3n) is 6.52. The molecule has 1 N–H and O–H groups in total. The summed E-state index contributed by atoms with van der Waals surface area (Å²) in [6.45, 7) is 6.29. The second-order valence-corrected chi connectivity index (χ2v) is 9.46. The lowest BCUT2D eigenvalue weighted by Crippen LogP contribution is -2.55. The zero-order valence-corrected chi connectivity index (χ0v) is 22.7. The minimum Gasteiger partial charge on any atom is -0.493 e. The van der Waals surface area contributed by atoms with Crippen LogP contribution in [0.1, 0.15) is 5.56 Å². The maximum Gasteiger partial charge on any atom is 0.323 e. The molecule has 212 valence electrons. The third-order valence-corrected chi connectivity index (χ3v) is 6.52. The molecule has 0 atom stereocenters. The van der Waals surface area contributed by atoms with Crippen LogP contribution < -0.4 is 19.5 Å². The van der Waals surface area contributed by atoms with Gasteiger partial charge in [0, 0.05) is 36.0 Å². The second kappa shape index (κ2) is 11.1. The number of halogens is 1. The Hall–Kier alpha value is -5.59. The van der Waals surface area contributed by atoms with Crippen LogP contribution in [0.5, 0.6) is 23.3 Å². The van der Waals surface area contributed by atoms with Crippen LogP contribution in [-0.4, -0.2) is 66.8 Å². The monoisotopic (exact) mass is 568 g/mol. The van der Waals surface area contributed by atoms with Gasteiger partial charge in [-0.25, -0.2) is 24.0 Å². The van der Waals surface area contributed by atoms with Crippen LogP contribution in [0.3, 0.4) is 0 Å². The second-order valence-electron chi connectivity index (χ2n) is 9.46. The van der Waals surface area contributed by atoms with Gasteiger partial charge in [-0.05, 0) is 36.8 Å². The number of methoxy groups -OCH3 is 1. The fourth-order valence-electron chi connectivity index (χ4n) is 4.36.